The molecule has 7 heteroatoms. The summed E-state index contributed by atoms with van der Waals surface area (Å²) in [6, 6.07) is 15.4. The molecule has 156 valence electrons. The summed E-state index contributed by atoms with van der Waals surface area (Å²) >= 11 is 0. The quantitative estimate of drug-likeness (QED) is 0.685. The summed E-state index contributed by atoms with van der Waals surface area (Å²) in [5.74, 6) is -0.244. The zero-order chi connectivity index (χ0) is 21.6. The number of sulfonamides is 1. The molecular formula is C23H25N3O3S. The highest BCUT2D eigenvalue weighted by Crippen LogP contribution is 2.21. The van der Waals surface area contributed by atoms with Gasteiger partial charge in [-0.15, -0.1) is 0 Å². The number of hydrogen-bond acceptors (Lipinski definition) is 4. The Kier molecular flexibility index (Phi) is 7.03. The number of nitriles is 1. The number of rotatable bonds is 5. The summed E-state index contributed by atoms with van der Waals surface area (Å²) in [5, 5.41) is 9.00. The highest BCUT2D eigenvalue weighted by molar-refractivity contribution is 7.89. The van der Waals surface area contributed by atoms with E-state index in [0.717, 1.165) is 31.2 Å². The van der Waals surface area contributed by atoms with Gasteiger partial charge in [0.15, 0.2) is 0 Å². The zero-order valence-corrected chi connectivity index (χ0v) is 17.8. The van der Waals surface area contributed by atoms with Crippen molar-refractivity contribution in [3.63, 3.8) is 0 Å². The minimum atomic E-state index is -3.48. The van der Waals surface area contributed by atoms with Crippen molar-refractivity contribution >= 4 is 27.7 Å². The molecule has 0 saturated carbocycles. The van der Waals surface area contributed by atoms with Crippen molar-refractivity contribution in [1.82, 2.24) is 4.31 Å². The van der Waals surface area contributed by atoms with Gasteiger partial charge in [-0.25, -0.2) is 8.42 Å². The second kappa shape index (κ2) is 9.70. The van der Waals surface area contributed by atoms with E-state index >= 15 is 0 Å². The molecule has 0 unspecified atom stereocenters. The Morgan fingerprint density at radius 1 is 1.07 bits per heavy atom. The molecular weight excluding hydrogens is 398 g/mol. The Morgan fingerprint density at radius 2 is 1.73 bits per heavy atom. The van der Waals surface area contributed by atoms with Crippen LogP contribution in [0.3, 0.4) is 0 Å². The minimum Gasteiger partial charge on any atom is -0.312 e. The summed E-state index contributed by atoms with van der Waals surface area (Å²) < 4.78 is 27.2. The number of carbonyl (C=O) groups is 1. The van der Waals surface area contributed by atoms with Gasteiger partial charge in [0.25, 0.3) is 5.91 Å². The van der Waals surface area contributed by atoms with E-state index in [1.165, 1.54) is 11.0 Å². The number of carbonyl (C=O) groups excluding carboxylic acids is 1. The summed E-state index contributed by atoms with van der Waals surface area (Å²) in [6.45, 7) is 1.13. The maximum atomic E-state index is 12.8. The molecule has 30 heavy (non-hydrogen) atoms. The third kappa shape index (κ3) is 5.15. The largest absolute Gasteiger partial charge is 0.312 e. The van der Waals surface area contributed by atoms with Crippen molar-refractivity contribution in [3.8, 4) is 6.07 Å². The van der Waals surface area contributed by atoms with Crippen LogP contribution in [0.5, 0.6) is 0 Å². The first-order chi connectivity index (χ1) is 14.4. The molecule has 1 fully saturated rings. The van der Waals surface area contributed by atoms with Crippen LogP contribution in [-0.2, 0) is 14.8 Å². The van der Waals surface area contributed by atoms with Gasteiger partial charge in [0, 0.05) is 31.9 Å². The molecule has 0 bridgehead atoms. The average molecular weight is 424 g/mol. The van der Waals surface area contributed by atoms with Crippen LogP contribution in [0.25, 0.3) is 6.08 Å². The van der Waals surface area contributed by atoms with Gasteiger partial charge in [-0.2, -0.15) is 9.57 Å². The number of anilines is 1. The highest BCUT2D eigenvalue weighted by atomic mass is 32.2. The van der Waals surface area contributed by atoms with Crippen molar-refractivity contribution < 1.29 is 13.2 Å². The maximum absolute atomic E-state index is 12.8. The van der Waals surface area contributed by atoms with Crippen LogP contribution in [-0.4, -0.2) is 38.8 Å². The second-order valence-electron chi connectivity index (χ2n) is 7.28. The Balaban J connectivity index is 1.69. The molecule has 1 amide bonds. The number of nitrogens with zero attached hydrogens (tertiary/aromatic N) is 3. The van der Waals surface area contributed by atoms with Crippen LogP contribution in [0.4, 0.5) is 5.69 Å². The van der Waals surface area contributed by atoms with E-state index in [1.807, 2.05) is 0 Å². The molecule has 0 spiro atoms. The molecule has 0 radical (unpaired) electrons. The minimum absolute atomic E-state index is 0.244. The molecule has 0 N–H and O–H groups in total. The SMILES string of the molecule is CN(C(=O)/C=C/c1ccc(S(=O)(=O)N2CCCCCC2)cc1)c1cccc(C#N)c1. The molecule has 1 aliphatic heterocycles. The summed E-state index contributed by atoms with van der Waals surface area (Å²) in [6.07, 6.45) is 7.00. The fourth-order valence-electron chi connectivity index (χ4n) is 3.37. The predicted molar refractivity (Wildman–Crippen MR) is 117 cm³/mol. The van der Waals surface area contributed by atoms with Crippen LogP contribution in [0.15, 0.2) is 59.5 Å². The van der Waals surface area contributed by atoms with Gasteiger partial charge in [0.2, 0.25) is 10.0 Å². The Morgan fingerprint density at radius 3 is 2.37 bits per heavy atom. The van der Waals surface area contributed by atoms with Crippen LogP contribution in [0.1, 0.15) is 36.8 Å². The van der Waals surface area contributed by atoms with Gasteiger partial charge in [0.05, 0.1) is 16.5 Å². The van der Waals surface area contributed by atoms with Crippen molar-refractivity contribution in [2.24, 2.45) is 0 Å². The topological polar surface area (TPSA) is 81.5 Å². The maximum Gasteiger partial charge on any atom is 0.250 e. The molecule has 1 aliphatic rings. The van der Waals surface area contributed by atoms with E-state index in [0.29, 0.717) is 24.3 Å². The smallest absolute Gasteiger partial charge is 0.250 e. The van der Waals surface area contributed by atoms with E-state index in [2.05, 4.69) is 6.07 Å². The van der Waals surface area contributed by atoms with Crippen LogP contribution in [0, 0.1) is 11.3 Å². The predicted octanol–water partition coefficient (Wildman–Crippen LogP) is 3.80. The van der Waals surface area contributed by atoms with E-state index in [4.69, 9.17) is 5.26 Å². The molecule has 0 atom stereocenters. The van der Waals surface area contributed by atoms with Crippen LogP contribution >= 0.6 is 0 Å². The normalized spacial score (nSPS) is 15.5. The first-order valence-electron chi connectivity index (χ1n) is 9.98. The molecule has 2 aromatic carbocycles. The number of likely N-dealkylation sites (N-methyl/N-ethyl adjacent to an activating group) is 1. The summed E-state index contributed by atoms with van der Waals surface area (Å²) in [7, 11) is -1.84. The third-order valence-electron chi connectivity index (χ3n) is 5.19. The van der Waals surface area contributed by atoms with E-state index in [-0.39, 0.29) is 10.8 Å². The Labute approximate surface area is 178 Å². The second-order valence-corrected chi connectivity index (χ2v) is 9.22. The van der Waals surface area contributed by atoms with Gasteiger partial charge in [-0.3, -0.25) is 4.79 Å². The number of hydrogen-bond donors (Lipinski definition) is 0. The number of benzene rings is 2. The first kappa shape index (κ1) is 21.8. The van der Waals surface area contributed by atoms with Crippen molar-refractivity contribution in [2.45, 2.75) is 30.6 Å². The lowest BCUT2D eigenvalue weighted by Gasteiger charge is -2.19. The van der Waals surface area contributed by atoms with Crippen molar-refractivity contribution in [1.29, 1.82) is 5.26 Å². The van der Waals surface area contributed by atoms with E-state index < -0.39 is 10.0 Å². The number of amides is 1. The van der Waals surface area contributed by atoms with E-state index in [9.17, 15) is 13.2 Å². The lowest BCUT2D eigenvalue weighted by Crippen LogP contribution is -2.31. The fraction of sp³-hybridized carbons (Fsp3) is 0.304. The van der Waals surface area contributed by atoms with Crippen LogP contribution < -0.4 is 4.90 Å². The fourth-order valence-corrected chi connectivity index (χ4v) is 4.89. The van der Waals surface area contributed by atoms with Gasteiger partial charge in [0.1, 0.15) is 0 Å². The summed E-state index contributed by atoms with van der Waals surface area (Å²) in [4.78, 5) is 14.2. The van der Waals surface area contributed by atoms with Crippen molar-refractivity contribution in [3.05, 3.63) is 65.7 Å². The van der Waals surface area contributed by atoms with Gasteiger partial charge < -0.3 is 4.90 Å². The lowest BCUT2D eigenvalue weighted by molar-refractivity contribution is -0.113. The summed E-state index contributed by atoms with van der Waals surface area (Å²) in [5.41, 5.74) is 1.84. The van der Waals surface area contributed by atoms with Crippen LogP contribution in [0.2, 0.25) is 0 Å². The van der Waals surface area contributed by atoms with Gasteiger partial charge in [-0.1, -0.05) is 31.0 Å². The molecule has 6 nitrogen and oxygen atoms in total. The monoisotopic (exact) mass is 423 g/mol. The Hall–Kier alpha value is -2.95. The van der Waals surface area contributed by atoms with Gasteiger partial charge >= 0.3 is 0 Å². The molecule has 2 aromatic rings. The molecule has 1 saturated heterocycles. The average Bonchev–Trinajstić information content (AvgIpc) is 3.07. The third-order valence-corrected chi connectivity index (χ3v) is 7.11. The highest BCUT2D eigenvalue weighted by Gasteiger charge is 2.24. The van der Waals surface area contributed by atoms with E-state index in [1.54, 1.807) is 66.0 Å². The molecule has 1 heterocycles. The first-order valence-corrected chi connectivity index (χ1v) is 11.4. The Bertz CT molecular complexity index is 1060. The standard InChI is InChI=1S/C23H25N3O3S/c1-25(21-8-6-7-20(17-21)18-24)23(27)14-11-19-9-12-22(13-10-19)30(28,29)26-15-4-2-3-5-16-26/h6-14,17H,2-5,15-16H2,1H3/b14-11+. The zero-order valence-electron chi connectivity index (χ0n) is 17.0. The lowest BCUT2D eigenvalue weighted by atomic mass is 10.2. The molecule has 0 aromatic heterocycles. The van der Waals surface area contributed by atoms with Crippen molar-refractivity contribution in [2.75, 3.05) is 25.0 Å². The van der Waals surface area contributed by atoms with Gasteiger partial charge in [-0.05, 0) is 54.8 Å². The molecule has 3 rings (SSSR count). The molecule has 0 aliphatic carbocycles.